The number of likely N-dealkylation sites (tertiary alicyclic amines) is 1. The van der Waals surface area contributed by atoms with E-state index >= 15 is 0 Å². The predicted molar refractivity (Wildman–Crippen MR) is 127 cm³/mol. The molecule has 4 atom stereocenters. The molecular formula is C24H27BClNO8. The van der Waals surface area contributed by atoms with Crippen molar-refractivity contribution in [2.45, 2.75) is 38.6 Å². The Morgan fingerprint density at radius 3 is 2.71 bits per heavy atom. The number of phenols is 1. The molecule has 3 N–H and O–H groups in total. The van der Waals surface area contributed by atoms with E-state index < -0.39 is 48.9 Å². The summed E-state index contributed by atoms with van der Waals surface area (Å²) in [6.07, 6.45) is 1.55. The van der Waals surface area contributed by atoms with Gasteiger partial charge in [-0.25, -0.2) is 4.79 Å². The fourth-order valence-electron chi connectivity index (χ4n) is 5.51. The van der Waals surface area contributed by atoms with Crippen LogP contribution < -0.4 is 0 Å². The number of allylic oxidation sites excluding steroid dienone is 1. The van der Waals surface area contributed by atoms with Gasteiger partial charge in [0.2, 0.25) is 11.8 Å². The Balaban J connectivity index is 1.59. The minimum absolute atomic E-state index is 0.0743. The molecule has 0 saturated carbocycles. The SMILES string of the molecule is COC(=O)N1C(=O)[C@@H]2[C@@H](CC(CO)=C3[C@@H](CC/C(C)=C/c4ccc(O)cc4Cl)OB(O)C[C@@H]32)C1=O. The third-order valence-corrected chi connectivity index (χ3v) is 7.37. The number of phenolic OH excluding ortho intramolecular Hbond substituents is 1. The molecule has 9 nitrogen and oxygen atoms in total. The molecule has 3 aliphatic rings. The van der Waals surface area contributed by atoms with Crippen molar-refractivity contribution in [3.05, 3.63) is 45.5 Å². The lowest BCUT2D eigenvalue weighted by Gasteiger charge is -2.42. The topological polar surface area (TPSA) is 134 Å². The number of nitrogens with zero attached hydrogens (tertiary/aromatic N) is 1. The van der Waals surface area contributed by atoms with E-state index in [0.717, 1.165) is 23.8 Å². The molecule has 0 aromatic heterocycles. The highest BCUT2D eigenvalue weighted by Crippen LogP contribution is 2.50. The Morgan fingerprint density at radius 1 is 1.31 bits per heavy atom. The fourth-order valence-corrected chi connectivity index (χ4v) is 5.74. The zero-order valence-electron chi connectivity index (χ0n) is 19.4. The Bertz CT molecular complexity index is 1120. The van der Waals surface area contributed by atoms with Gasteiger partial charge in [0.05, 0.1) is 36.7 Å². The van der Waals surface area contributed by atoms with E-state index in [0.29, 0.717) is 28.3 Å². The van der Waals surface area contributed by atoms with Crippen LogP contribution in [0.25, 0.3) is 6.08 Å². The van der Waals surface area contributed by atoms with Crippen LogP contribution in [0.2, 0.25) is 11.3 Å². The van der Waals surface area contributed by atoms with Crippen LogP contribution in [0.5, 0.6) is 5.75 Å². The van der Waals surface area contributed by atoms with Gasteiger partial charge in [-0.05, 0) is 73.3 Å². The van der Waals surface area contributed by atoms with Crippen molar-refractivity contribution < 1.29 is 39.0 Å². The van der Waals surface area contributed by atoms with Crippen LogP contribution >= 0.6 is 11.6 Å². The first-order valence-corrected chi connectivity index (χ1v) is 11.8. The van der Waals surface area contributed by atoms with Crippen molar-refractivity contribution in [1.29, 1.82) is 0 Å². The summed E-state index contributed by atoms with van der Waals surface area (Å²) >= 11 is 6.20. The van der Waals surface area contributed by atoms with Gasteiger partial charge < -0.3 is 24.6 Å². The maximum atomic E-state index is 13.1. The van der Waals surface area contributed by atoms with Crippen LogP contribution in [0.4, 0.5) is 4.79 Å². The van der Waals surface area contributed by atoms with Gasteiger partial charge >= 0.3 is 13.2 Å². The maximum Gasteiger partial charge on any atom is 0.455 e. The molecule has 4 rings (SSSR count). The molecule has 0 radical (unpaired) electrons. The highest BCUT2D eigenvalue weighted by atomic mass is 35.5. The van der Waals surface area contributed by atoms with E-state index in [2.05, 4.69) is 4.74 Å². The summed E-state index contributed by atoms with van der Waals surface area (Å²) in [4.78, 5) is 38.6. The molecule has 1 aliphatic carbocycles. The third-order valence-electron chi connectivity index (χ3n) is 7.04. The molecule has 3 amide bonds. The number of carbonyl (C=O) groups is 3. The van der Waals surface area contributed by atoms with E-state index in [1.165, 1.54) is 6.07 Å². The summed E-state index contributed by atoms with van der Waals surface area (Å²) in [5.74, 6) is -3.35. The molecule has 0 unspecified atom stereocenters. The van der Waals surface area contributed by atoms with Crippen LogP contribution in [0, 0.1) is 17.8 Å². The van der Waals surface area contributed by atoms with Crippen molar-refractivity contribution in [2.24, 2.45) is 17.8 Å². The van der Waals surface area contributed by atoms with E-state index in [1.54, 1.807) is 12.1 Å². The predicted octanol–water partition coefficient (Wildman–Crippen LogP) is 2.78. The lowest BCUT2D eigenvalue weighted by Crippen LogP contribution is -2.46. The molecule has 0 spiro atoms. The molecule has 1 aromatic carbocycles. The van der Waals surface area contributed by atoms with Gasteiger partial charge in [-0.1, -0.05) is 23.3 Å². The van der Waals surface area contributed by atoms with E-state index in [-0.39, 0.29) is 25.1 Å². The quantitative estimate of drug-likeness (QED) is 0.317. The molecule has 2 heterocycles. The van der Waals surface area contributed by atoms with E-state index in [9.17, 15) is 29.6 Å². The van der Waals surface area contributed by atoms with Crippen LogP contribution in [0.1, 0.15) is 31.7 Å². The highest BCUT2D eigenvalue weighted by molar-refractivity contribution is 6.43. The lowest BCUT2D eigenvalue weighted by atomic mass is 9.58. The number of amides is 3. The zero-order valence-corrected chi connectivity index (χ0v) is 20.2. The number of fused-ring (bicyclic) bond motifs is 3. The van der Waals surface area contributed by atoms with E-state index in [1.807, 2.05) is 13.0 Å². The van der Waals surface area contributed by atoms with Crippen LogP contribution in [0.15, 0.2) is 34.9 Å². The molecule has 1 aromatic rings. The van der Waals surface area contributed by atoms with E-state index in [4.69, 9.17) is 16.3 Å². The van der Waals surface area contributed by atoms with Crippen LogP contribution in [0.3, 0.4) is 0 Å². The summed E-state index contributed by atoms with van der Waals surface area (Å²) in [6, 6.07) is 4.71. The first kappa shape index (κ1) is 25.4. The second-order valence-electron chi connectivity index (χ2n) is 9.19. The number of hydrogen-bond acceptors (Lipinski definition) is 8. The van der Waals surface area contributed by atoms with Crippen LogP contribution in [-0.4, -0.2) is 65.0 Å². The summed E-state index contributed by atoms with van der Waals surface area (Å²) < 4.78 is 10.5. The monoisotopic (exact) mass is 503 g/mol. The summed E-state index contributed by atoms with van der Waals surface area (Å²) in [5, 5.41) is 30.5. The number of aromatic hydroxyl groups is 1. The van der Waals surface area contributed by atoms with Gasteiger partial charge in [-0.15, -0.1) is 0 Å². The zero-order chi connectivity index (χ0) is 25.4. The average molecular weight is 504 g/mol. The second kappa shape index (κ2) is 10.1. The highest BCUT2D eigenvalue weighted by Gasteiger charge is 2.59. The van der Waals surface area contributed by atoms with Crippen molar-refractivity contribution in [3.63, 3.8) is 0 Å². The summed E-state index contributed by atoms with van der Waals surface area (Å²) in [7, 11) is -0.0540. The van der Waals surface area contributed by atoms with Crippen LogP contribution in [-0.2, 0) is 19.0 Å². The number of rotatable bonds is 5. The standard InChI is InChI=1S/C24H27BClNO8/c1-12(7-13-4-5-15(29)9-18(13)26)3-6-19-20-14(11-28)8-16-21(17(20)10-25(33)35-19)23(31)27(22(16)30)24(32)34-2/h4-5,7,9,16-17,19,21,28-29,33H,3,6,8,10-11H2,1-2H3/b12-7+/t16-,17+,19-,21-/m1/s1. The maximum absolute atomic E-state index is 13.1. The summed E-state index contributed by atoms with van der Waals surface area (Å²) in [5.41, 5.74) is 3.05. The molecule has 35 heavy (non-hydrogen) atoms. The number of imide groups is 3. The molecule has 2 saturated heterocycles. The number of hydrogen-bond donors (Lipinski definition) is 3. The number of ether oxygens (including phenoxy) is 1. The van der Waals surface area contributed by atoms with Crippen molar-refractivity contribution in [3.8, 4) is 5.75 Å². The minimum Gasteiger partial charge on any atom is -0.508 e. The molecule has 2 fully saturated rings. The third kappa shape index (κ3) is 4.75. The second-order valence-corrected chi connectivity index (χ2v) is 9.60. The number of aliphatic hydroxyl groups is 1. The Hall–Kier alpha value is -2.66. The molecule has 186 valence electrons. The Morgan fingerprint density at radius 2 is 2.06 bits per heavy atom. The minimum atomic E-state index is -1.15. The molecule has 0 bridgehead atoms. The van der Waals surface area contributed by atoms with Gasteiger partial charge in [0, 0.05) is 0 Å². The van der Waals surface area contributed by atoms with Gasteiger partial charge in [0.25, 0.3) is 0 Å². The number of halogens is 1. The first-order chi connectivity index (χ1) is 16.7. The largest absolute Gasteiger partial charge is 0.508 e. The Labute approximate surface area is 208 Å². The first-order valence-electron chi connectivity index (χ1n) is 11.4. The average Bonchev–Trinajstić information content (AvgIpc) is 3.07. The lowest BCUT2D eigenvalue weighted by molar-refractivity contribution is -0.137. The van der Waals surface area contributed by atoms with Gasteiger partial charge in [-0.2, -0.15) is 4.90 Å². The smallest absolute Gasteiger partial charge is 0.455 e. The molecule has 11 heteroatoms. The van der Waals surface area contributed by atoms with Crippen molar-refractivity contribution >= 4 is 42.7 Å². The van der Waals surface area contributed by atoms with Crippen molar-refractivity contribution in [2.75, 3.05) is 13.7 Å². The fraction of sp³-hybridized carbons (Fsp3) is 0.458. The molecule has 2 aliphatic heterocycles. The normalized spacial score (nSPS) is 26.7. The number of aliphatic hydroxyl groups excluding tert-OH is 1. The van der Waals surface area contributed by atoms with Gasteiger partial charge in [0.15, 0.2) is 0 Å². The molecular weight excluding hydrogens is 477 g/mol. The Kier molecular flexibility index (Phi) is 7.37. The summed E-state index contributed by atoms with van der Waals surface area (Å²) in [6.45, 7) is 1.61. The number of methoxy groups -OCH3 is 1. The number of carbonyl (C=O) groups excluding carboxylic acids is 3. The van der Waals surface area contributed by atoms with Crippen molar-refractivity contribution in [1.82, 2.24) is 4.90 Å². The van der Waals surface area contributed by atoms with Gasteiger partial charge in [0.1, 0.15) is 5.75 Å². The van der Waals surface area contributed by atoms with Gasteiger partial charge in [-0.3, -0.25) is 9.59 Å². The number of benzene rings is 1.